The first-order valence-electron chi connectivity index (χ1n) is 6.67. The average Bonchev–Trinajstić information content (AvgIpc) is 2.86. The van der Waals surface area contributed by atoms with Crippen molar-refractivity contribution in [1.82, 2.24) is 0 Å². The van der Waals surface area contributed by atoms with Gasteiger partial charge in [-0.3, -0.25) is 0 Å². The predicted molar refractivity (Wildman–Crippen MR) is 91.4 cm³/mol. The summed E-state index contributed by atoms with van der Waals surface area (Å²) >= 11 is 6.98. The summed E-state index contributed by atoms with van der Waals surface area (Å²) in [6, 6.07) is 12.1. The Labute approximate surface area is 140 Å². The van der Waals surface area contributed by atoms with Gasteiger partial charge in [0.25, 0.3) is 0 Å². The first kappa shape index (κ1) is 14.7. The van der Waals surface area contributed by atoms with E-state index in [1.54, 1.807) is 7.11 Å². The van der Waals surface area contributed by atoms with Gasteiger partial charge >= 0.3 is 0 Å². The highest BCUT2D eigenvalue weighted by atomic mass is 79.9. The Morgan fingerprint density at radius 2 is 2.05 bits per heavy atom. The molecule has 0 amide bonds. The van der Waals surface area contributed by atoms with Crippen molar-refractivity contribution in [3.05, 3.63) is 50.9 Å². The molecule has 0 aliphatic carbocycles. The number of hydrogen-bond acceptors (Lipinski definition) is 3. The molecule has 1 heterocycles. The Kier molecular flexibility index (Phi) is 4.40. The maximum atomic E-state index is 5.94. The molecule has 110 valence electrons. The molecule has 0 spiro atoms. The van der Waals surface area contributed by atoms with Gasteiger partial charge in [0, 0.05) is 27.1 Å². The van der Waals surface area contributed by atoms with E-state index >= 15 is 0 Å². The molecule has 1 unspecified atom stereocenters. The van der Waals surface area contributed by atoms with Crippen LogP contribution < -0.4 is 14.8 Å². The van der Waals surface area contributed by atoms with Gasteiger partial charge in [-0.05, 0) is 35.9 Å². The van der Waals surface area contributed by atoms with E-state index < -0.39 is 0 Å². The predicted octanol–water partition coefficient (Wildman–Crippen LogP) is 4.64. The van der Waals surface area contributed by atoms with Crippen molar-refractivity contribution in [2.24, 2.45) is 0 Å². The van der Waals surface area contributed by atoms with E-state index in [0.29, 0.717) is 0 Å². The van der Waals surface area contributed by atoms with Crippen LogP contribution in [0.5, 0.6) is 11.5 Å². The van der Waals surface area contributed by atoms with Crippen molar-refractivity contribution in [1.29, 1.82) is 0 Å². The van der Waals surface area contributed by atoms with Crippen molar-refractivity contribution in [3.63, 3.8) is 0 Å². The summed E-state index contributed by atoms with van der Waals surface area (Å²) in [6.45, 7) is 0.756. The molecule has 0 fully saturated rings. The molecule has 2 aromatic rings. The van der Waals surface area contributed by atoms with Crippen LogP contribution in [0.1, 0.15) is 5.56 Å². The van der Waals surface area contributed by atoms with E-state index in [4.69, 9.17) is 9.47 Å². The molecule has 1 aliphatic heterocycles. The number of ether oxygens (including phenoxy) is 2. The molecule has 0 saturated heterocycles. The molecule has 1 aliphatic rings. The molecule has 2 aromatic carbocycles. The Morgan fingerprint density at radius 1 is 1.19 bits per heavy atom. The number of methoxy groups -OCH3 is 1. The molecule has 3 nitrogen and oxygen atoms in total. The second-order valence-electron chi connectivity index (χ2n) is 4.96. The van der Waals surface area contributed by atoms with E-state index in [-0.39, 0.29) is 6.10 Å². The van der Waals surface area contributed by atoms with E-state index in [1.807, 2.05) is 30.3 Å². The first-order valence-corrected chi connectivity index (χ1v) is 8.26. The lowest BCUT2D eigenvalue weighted by molar-refractivity contribution is 0.246. The Morgan fingerprint density at radius 3 is 2.86 bits per heavy atom. The molecule has 0 saturated carbocycles. The fraction of sp³-hybridized carbons (Fsp3) is 0.250. The highest BCUT2D eigenvalue weighted by molar-refractivity contribution is 9.10. The number of fused-ring (bicyclic) bond motifs is 1. The average molecular weight is 413 g/mol. The van der Waals surface area contributed by atoms with Crippen LogP contribution >= 0.6 is 31.9 Å². The third-order valence-corrected chi connectivity index (χ3v) is 4.36. The normalized spacial score (nSPS) is 16.2. The zero-order chi connectivity index (χ0) is 14.8. The fourth-order valence-corrected chi connectivity index (χ4v) is 3.30. The summed E-state index contributed by atoms with van der Waals surface area (Å²) < 4.78 is 13.3. The van der Waals surface area contributed by atoms with Crippen molar-refractivity contribution in [2.75, 3.05) is 19.0 Å². The monoisotopic (exact) mass is 411 g/mol. The van der Waals surface area contributed by atoms with Crippen molar-refractivity contribution >= 4 is 37.5 Å². The molecule has 5 heteroatoms. The van der Waals surface area contributed by atoms with E-state index in [2.05, 4.69) is 43.2 Å². The van der Waals surface area contributed by atoms with Gasteiger partial charge in [-0.15, -0.1) is 0 Å². The summed E-state index contributed by atoms with van der Waals surface area (Å²) in [7, 11) is 1.67. The number of benzene rings is 2. The van der Waals surface area contributed by atoms with Crippen LogP contribution in [-0.2, 0) is 6.42 Å². The third-order valence-electron chi connectivity index (χ3n) is 3.40. The molecule has 0 aromatic heterocycles. The van der Waals surface area contributed by atoms with Gasteiger partial charge in [0.2, 0.25) is 0 Å². The van der Waals surface area contributed by atoms with Crippen LogP contribution in [0.3, 0.4) is 0 Å². The van der Waals surface area contributed by atoms with Gasteiger partial charge in [0.05, 0.1) is 13.7 Å². The topological polar surface area (TPSA) is 30.5 Å². The zero-order valence-corrected chi connectivity index (χ0v) is 14.7. The highest BCUT2D eigenvalue weighted by Crippen LogP contribution is 2.31. The minimum absolute atomic E-state index is 0.152. The van der Waals surface area contributed by atoms with Gasteiger partial charge < -0.3 is 14.8 Å². The molecule has 21 heavy (non-hydrogen) atoms. The minimum atomic E-state index is 0.152. The third kappa shape index (κ3) is 3.52. The van der Waals surface area contributed by atoms with Crippen LogP contribution in [0.15, 0.2) is 45.3 Å². The van der Waals surface area contributed by atoms with Crippen LogP contribution in [0.4, 0.5) is 5.69 Å². The van der Waals surface area contributed by atoms with E-state index in [0.717, 1.165) is 39.1 Å². The maximum absolute atomic E-state index is 5.94. The smallest absolute Gasteiger partial charge is 0.123 e. The molecule has 1 N–H and O–H groups in total. The molecule has 0 radical (unpaired) electrons. The number of rotatable bonds is 4. The second kappa shape index (κ2) is 6.28. The molecular formula is C16H15Br2NO2. The highest BCUT2D eigenvalue weighted by Gasteiger charge is 2.22. The summed E-state index contributed by atoms with van der Waals surface area (Å²) in [5, 5.41) is 3.40. The molecule has 1 atom stereocenters. The lowest BCUT2D eigenvalue weighted by atomic mass is 10.1. The molecule has 0 bridgehead atoms. The Hall–Kier alpha value is -1.20. The van der Waals surface area contributed by atoms with Crippen molar-refractivity contribution in [2.45, 2.75) is 12.5 Å². The lowest BCUT2D eigenvalue weighted by Crippen LogP contribution is -2.23. The van der Waals surface area contributed by atoms with Crippen LogP contribution in [0.25, 0.3) is 0 Å². The van der Waals surface area contributed by atoms with Crippen LogP contribution in [0, 0.1) is 0 Å². The van der Waals surface area contributed by atoms with Crippen molar-refractivity contribution < 1.29 is 9.47 Å². The Bertz CT molecular complexity index is 661. The summed E-state index contributed by atoms with van der Waals surface area (Å²) in [5.74, 6) is 1.81. The number of anilines is 1. The number of nitrogens with one attached hydrogen (secondary N) is 1. The van der Waals surface area contributed by atoms with Crippen molar-refractivity contribution in [3.8, 4) is 11.5 Å². The summed E-state index contributed by atoms with van der Waals surface area (Å²) in [5.41, 5.74) is 2.27. The summed E-state index contributed by atoms with van der Waals surface area (Å²) in [4.78, 5) is 0. The Balaban J connectivity index is 1.63. The second-order valence-corrected chi connectivity index (χ2v) is 6.79. The van der Waals surface area contributed by atoms with Gasteiger partial charge in [-0.2, -0.15) is 0 Å². The SMILES string of the molecule is COc1cc(Br)cc(NCC2Cc3cc(Br)ccc3O2)c1. The van der Waals surface area contributed by atoms with Crippen LogP contribution in [-0.4, -0.2) is 19.8 Å². The number of halogens is 2. The van der Waals surface area contributed by atoms with Gasteiger partial charge in [-0.1, -0.05) is 31.9 Å². The summed E-state index contributed by atoms with van der Waals surface area (Å²) in [6.07, 6.45) is 1.08. The quantitative estimate of drug-likeness (QED) is 0.793. The van der Waals surface area contributed by atoms with Gasteiger partial charge in [0.1, 0.15) is 17.6 Å². The molecular weight excluding hydrogens is 398 g/mol. The van der Waals surface area contributed by atoms with Gasteiger partial charge in [-0.25, -0.2) is 0 Å². The number of hydrogen-bond donors (Lipinski definition) is 1. The van der Waals surface area contributed by atoms with Crippen LogP contribution in [0.2, 0.25) is 0 Å². The van der Waals surface area contributed by atoms with E-state index in [1.165, 1.54) is 5.56 Å². The maximum Gasteiger partial charge on any atom is 0.123 e. The zero-order valence-electron chi connectivity index (χ0n) is 11.5. The first-order chi connectivity index (χ1) is 10.1. The minimum Gasteiger partial charge on any atom is -0.497 e. The standard InChI is InChI=1S/C16H15Br2NO2/c1-20-14-7-12(18)6-13(8-14)19-9-15-5-10-4-11(17)2-3-16(10)21-15/h2-4,6-8,15,19H,5,9H2,1H3. The lowest BCUT2D eigenvalue weighted by Gasteiger charge is -2.14. The fourth-order valence-electron chi connectivity index (χ4n) is 2.42. The largest absolute Gasteiger partial charge is 0.497 e. The van der Waals surface area contributed by atoms with Gasteiger partial charge in [0.15, 0.2) is 0 Å². The molecule has 3 rings (SSSR count). The van der Waals surface area contributed by atoms with E-state index in [9.17, 15) is 0 Å².